The molecule has 0 aromatic rings. The molecular weight excluding hydrogens is 256 g/mol. The highest BCUT2D eigenvalue weighted by Crippen LogP contribution is 2.49. The number of esters is 1. The minimum absolute atomic E-state index is 0.0103. The van der Waals surface area contributed by atoms with Gasteiger partial charge in [-0.3, -0.25) is 9.59 Å². The third kappa shape index (κ3) is 3.41. The van der Waals surface area contributed by atoms with Crippen molar-refractivity contribution in [1.29, 1.82) is 0 Å². The maximum atomic E-state index is 12.0. The van der Waals surface area contributed by atoms with Crippen LogP contribution in [0.1, 0.15) is 51.9 Å². The zero-order valence-electron chi connectivity index (χ0n) is 12.1. The average molecular weight is 280 g/mol. The first-order chi connectivity index (χ1) is 9.46. The van der Waals surface area contributed by atoms with E-state index < -0.39 is 17.5 Å². The first-order valence-electron chi connectivity index (χ1n) is 7.52. The summed E-state index contributed by atoms with van der Waals surface area (Å²) in [5, 5.41) is 9.31. The van der Waals surface area contributed by atoms with Crippen LogP contribution in [0.25, 0.3) is 0 Å². The summed E-state index contributed by atoms with van der Waals surface area (Å²) in [6.07, 6.45) is 7.52. The van der Waals surface area contributed by atoms with E-state index in [1.807, 2.05) is 13.0 Å². The quantitative estimate of drug-likeness (QED) is 0.574. The van der Waals surface area contributed by atoms with Crippen molar-refractivity contribution < 1.29 is 19.4 Å². The summed E-state index contributed by atoms with van der Waals surface area (Å²) in [7, 11) is 0. The molecule has 2 saturated carbocycles. The van der Waals surface area contributed by atoms with E-state index in [2.05, 4.69) is 6.58 Å². The molecule has 4 heteroatoms. The zero-order chi connectivity index (χ0) is 14.8. The topological polar surface area (TPSA) is 63.6 Å². The Morgan fingerprint density at radius 1 is 1.45 bits per heavy atom. The normalized spacial score (nSPS) is 30.8. The smallest absolute Gasteiger partial charge is 0.307 e. The maximum absolute atomic E-state index is 12.0. The Morgan fingerprint density at radius 3 is 2.65 bits per heavy atom. The molecule has 0 spiro atoms. The molecule has 0 aromatic heterocycles. The van der Waals surface area contributed by atoms with Gasteiger partial charge < -0.3 is 9.84 Å². The molecule has 0 amide bonds. The van der Waals surface area contributed by atoms with Gasteiger partial charge in [-0.15, -0.1) is 6.58 Å². The second kappa shape index (κ2) is 5.98. The molecule has 0 heterocycles. The first kappa shape index (κ1) is 15.1. The molecule has 2 rings (SSSR count). The molecule has 2 fully saturated rings. The summed E-state index contributed by atoms with van der Waals surface area (Å²) in [4.78, 5) is 23.4. The van der Waals surface area contributed by atoms with Crippen molar-refractivity contribution >= 4 is 11.9 Å². The maximum Gasteiger partial charge on any atom is 0.307 e. The van der Waals surface area contributed by atoms with E-state index in [0.29, 0.717) is 5.92 Å². The summed E-state index contributed by atoms with van der Waals surface area (Å²) >= 11 is 0. The lowest BCUT2D eigenvalue weighted by atomic mass is 9.88. The molecular formula is C16H24O4. The fourth-order valence-corrected chi connectivity index (χ4v) is 3.39. The van der Waals surface area contributed by atoms with Gasteiger partial charge in [0, 0.05) is 5.92 Å². The number of ether oxygens (including phenoxy) is 1. The zero-order valence-corrected chi connectivity index (χ0v) is 12.1. The van der Waals surface area contributed by atoms with Gasteiger partial charge >= 0.3 is 11.9 Å². The van der Waals surface area contributed by atoms with Crippen molar-refractivity contribution in [2.24, 2.45) is 17.8 Å². The van der Waals surface area contributed by atoms with Crippen LogP contribution in [0.3, 0.4) is 0 Å². The van der Waals surface area contributed by atoms with E-state index in [4.69, 9.17) is 4.74 Å². The molecule has 3 atom stereocenters. The third-order valence-corrected chi connectivity index (χ3v) is 4.83. The molecule has 1 N–H and O–H groups in total. The lowest BCUT2D eigenvalue weighted by molar-refractivity contribution is -0.158. The summed E-state index contributed by atoms with van der Waals surface area (Å²) in [5.41, 5.74) is -0.399. The van der Waals surface area contributed by atoms with Crippen LogP contribution < -0.4 is 0 Å². The van der Waals surface area contributed by atoms with Gasteiger partial charge in [0.1, 0.15) is 5.60 Å². The lowest BCUT2D eigenvalue weighted by Crippen LogP contribution is -2.28. The van der Waals surface area contributed by atoms with E-state index in [1.165, 1.54) is 0 Å². The van der Waals surface area contributed by atoms with E-state index in [9.17, 15) is 14.7 Å². The number of carbonyl (C=O) groups excluding carboxylic acids is 1. The predicted molar refractivity (Wildman–Crippen MR) is 75.1 cm³/mol. The second-order valence-electron chi connectivity index (χ2n) is 6.41. The molecule has 2 aliphatic rings. The van der Waals surface area contributed by atoms with Crippen molar-refractivity contribution in [3.8, 4) is 0 Å². The van der Waals surface area contributed by atoms with Gasteiger partial charge in [-0.2, -0.15) is 0 Å². The van der Waals surface area contributed by atoms with Gasteiger partial charge in [-0.05, 0) is 38.5 Å². The minimum atomic E-state index is -0.863. The lowest BCUT2D eigenvalue weighted by Gasteiger charge is -2.20. The predicted octanol–water partition coefficient (Wildman–Crippen LogP) is 3.17. The Bertz CT molecular complexity index is 397. The molecule has 0 unspecified atom stereocenters. The summed E-state index contributed by atoms with van der Waals surface area (Å²) < 4.78 is 5.50. The van der Waals surface area contributed by atoms with Crippen molar-refractivity contribution in [3.63, 3.8) is 0 Å². The number of rotatable bonds is 7. The van der Waals surface area contributed by atoms with Gasteiger partial charge in [0.15, 0.2) is 0 Å². The van der Waals surface area contributed by atoms with Gasteiger partial charge in [-0.1, -0.05) is 18.9 Å². The molecule has 0 bridgehead atoms. The number of aliphatic carboxylic acids is 1. The number of carboxylic acids is 1. The van der Waals surface area contributed by atoms with E-state index in [0.717, 1.165) is 38.5 Å². The molecule has 2 aliphatic carbocycles. The van der Waals surface area contributed by atoms with Crippen LogP contribution in [0, 0.1) is 17.8 Å². The number of hydrogen-bond donors (Lipinski definition) is 1. The molecule has 0 aliphatic heterocycles. The highest BCUT2D eigenvalue weighted by molar-refractivity contribution is 5.79. The molecule has 4 nitrogen and oxygen atoms in total. The van der Waals surface area contributed by atoms with Crippen molar-refractivity contribution in [2.75, 3.05) is 0 Å². The second-order valence-corrected chi connectivity index (χ2v) is 6.41. The van der Waals surface area contributed by atoms with Gasteiger partial charge in [0.25, 0.3) is 0 Å². The summed E-state index contributed by atoms with van der Waals surface area (Å²) in [6.45, 7) is 5.61. The highest BCUT2D eigenvalue weighted by Gasteiger charge is 2.53. The standard InChI is InChI=1S/C16H24O4/c1-3-6-12-10-16(12,2)20-14(17)9-13(15(18)19)11-7-4-5-8-11/h3,11-13H,1,4-10H2,2H3,(H,18,19)/t12-,13-,16-/m0/s1. The van der Waals surface area contributed by atoms with Gasteiger partial charge in [-0.25, -0.2) is 0 Å². The van der Waals surface area contributed by atoms with Crippen LogP contribution in [-0.4, -0.2) is 22.6 Å². The van der Waals surface area contributed by atoms with E-state index >= 15 is 0 Å². The Morgan fingerprint density at radius 2 is 2.10 bits per heavy atom. The number of hydrogen-bond acceptors (Lipinski definition) is 3. The molecule has 0 saturated heterocycles. The Hall–Kier alpha value is -1.32. The fraction of sp³-hybridized carbons (Fsp3) is 0.750. The van der Waals surface area contributed by atoms with E-state index in [1.54, 1.807) is 0 Å². The first-order valence-corrected chi connectivity index (χ1v) is 7.52. The SMILES string of the molecule is C=CC[C@H]1C[C@]1(C)OC(=O)C[C@H](C(=O)O)C1CCCC1. The number of allylic oxidation sites excluding steroid dienone is 1. The number of carbonyl (C=O) groups is 2. The Labute approximate surface area is 120 Å². The molecule has 0 radical (unpaired) electrons. The largest absolute Gasteiger partial charge is 0.481 e. The third-order valence-electron chi connectivity index (χ3n) is 4.83. The van der Waals surface area contributed by atoms with Crippen LogP contribution in [0.2, 0.25) is 0 Å². The molecule has 20 heavy (non-hydrogen) atoms. The fourth-order valence-electron chi connectivity index (χ4n) is 3.39. The van der Waals surface area contributed by atoms with Crippen molar-refractivity contribution in [1.82, 2.24) is 0 Å². The average Bonchev–Trinajstić information content (AvgIpc) is 2.81. The molecule has 112 valence electrons. The molecule has 0 aromatic carbocycles. The Balaban J connectivity index is 1.86. The number of carboxylic acid groups (broad SMARTS) is 1. The van der Waals surface area contributed by atoms with Crippen LogP contribution in [0.4, 0.5) is 0 Å². The van der Waals surface area contributed by atoms with Crippen LogP contribution in [-0.2, 0) is 14.3 Å². The minimum Gasteiger partial charge on any atom is -0.481 e. The summed E-state index contributed by atoms with van der Waals surface area (Å²) in [5.74, 6) is -1.32. The van der Waals surface area contributed by atoms with Crippen LogP contribution >= 0.6 is 0 Å². The van der Waals surface area contributed by atoms with Crippen molar-refractivity contribution in [2.45, 2.75) is 57.5 Å². The highest BCUT2D eigenvalue weighted by atomic mass is 16.6. The Kier molecular flexibility index (Phi) is 4.51. The van der Waals surface area contributed by atoms with Crippen molar-refractivity contribution in [3.05, 3.63) is 12.7 Å². The van der Waals surface area contributed by atoms with Gasteiger partial charge in [0.05, 0.1) is 12.3 Å². The van der Waals surface area contributed by atoms with E-state index in [-0.39, 0.29) is 18.3 Å². The van der Waals surface area contributed by atoms with Crippen LogP contribution in [0.5, 0.6) is 0 Å². The van der Waals surface area contributed by atoms with Crippen LogP contribution in [0.15, 0.2) is 12.7 Å². The summed E-state index contributed by atoms with van der Waals surface area (Å²) in [6, 6.07) is 0. The van der Waals surface area contributed by atoms with Gasteiger partial charge in [0.2, 0.25) is 0 Å². The monoisotopic (exact) mass is 280 g/mol.